The first kappa shape index (κ1) is 13.9. The molecule has 1 unspecified atom stereocenters. The summed E-state index contributed by atoms with van der Waals surface area (Å²) in [6, 6.07) is 7.51. The van der Waals surface area contributed by atoms with E-state index in [4.69, 9.17) is 4.74 Å². The number of piperidine rings is 1. The van der Waals surface area contributed by atoms with E-state index in [1.807, 2.05) is 24.3 Å². The normalized spacial score (nSPS) is 22.8. The van der Waals surface area contributed by atoms with Crippen LogP contribution in [-0.2, 0) is 4.79 Å². The van der Waals surface area contributed by atoms with Crippen LogP contribution >= 0.6 is 0 Å². The van der Waals surface area contributed by atoms with E-state index in [-0.39, 0.29) is 5.91 Å². The van der Waals surface area contributed by atoms with Gasteiger partial charge in [0.1, 0.15) is 5.75 Å². The Morgan fingerprint density at radius 2 is 2.26 bits per heavy atom. The van der Waals surface area contributed by atoms with Gasteiger partial charge in [-0.3, -0.25) is 4.79 Å². The number of methoxy groups -OCH3 is 1. The van der Waals surface area contributed by atoms with Gasteiger partial charge in [-0.2, -0.15) is 0 Å². The Kier molecular flexibility index (Phi) is 4.80. The molecule has 2 N–H and O–H groups in total. The van der Waals surface area contributed by atoms with E-state index < -0.39 is 0 Å². The summed E-state index contributed by atoms with van der Waals surface area (Å²) in [7, 11) is 1.61. The van der Waals surface area contributed by atoms with E-state index in [0.29, 0.717) is 12.3 Å². The Morgan fingerprint density at radius 3 is 3.00 bits per heavy atom. The Labute approximate surface area is 114 Å². The summed E-state index contributed by atoms with van der Waals surface area (Å²) in [5, 5.41) is 2.94. The molecule has 2 rings (SSSR count). The summed E-state index contributed by atoms with van der Waals surface area (Å²) in [4.78, 5) is 13.4. The zero-order chi connectivity index (χ0) is 13.7. The summed E-state index contributed by atoms with van der Waals surface area (Å²) >= 11 is 0. The maximum absolute atomic E-state index is 12.1. The third-order valence-corrected chi connectivity index (χ3v) is 3.66. The van der Waals surface area contributed by atoms with Crippen LogP contribution < -0.4 is 15.0 Å². The fraction of sp³-hybridized carbons (Fsp3) is 0.533. The van der Waals surface area contributed by atoms with Crippen molar-refractivity contribution in [3.63, 3.8) is 0 Å². The van der Waals surface area contributed by atoms with E-state index in [9.17, 15) is 4.79 Å². The van der Waals surface area contributed by atoms with Crippen LogP contribution in [0.2, 0.25) is 0 Å². The van der Waals surface area contributed by atoms with Crippen LogP contribution in [0.25, 0.3) is 0 Å². The summed E-state index contributed by atoms with van der Waals surface area (Å²) in [5.41, 5.74) is 0.749. The number of amides is 1. The first-order valence-electron chi connectivity index (χ1n) is 6.95. The van der Waals surface area contributed by atoms with Gasteiger partial charge in [0, 0.05) is 5.92 Å². The monoisotopic (exact) mass is 263 g/mol. The van der Waals surface area contributed by atoms with E-state index in [1.165, 1.54) is 17.7 Å². The van der Waals surface area contributed by atoms with Crippen LogP contribution in [0.1, 0.15) is 19.8 Å². The number of rotatable bonds is 4. The summed E-state index contributed by atoms with van der Waals surface area (Å²) in [5.74, 6) is 1.49. The second-order valence-corrected chi connectivity index (χ2v) is 5.38. The lowest BCUT2D eigenvalue weighted by atomic mass is 10.0. The summed E-state index contributed by atoms with van der Waals surface area (Å²) < 4.78 is 5.23. The molecule has 0 spiro atoms. The first-order chi connectivity index (χ1) is 9.19. The second-order valence-electron chi connectivity index (χ2n) is 5.38. The zero-order valence-electron chi connectivity index (χ0n) is 11.7. The molecule has 0 saturated carbocycles. The van der Waals surface area contributed by atoms with Crippen LogP contribution in [0.4, 0.5) is 5.69 Å². The number of para-hydroxylation sites is 2. The maximum Gasteiger partial charge on any atom is 0.279 e. The molecule has 104 valence electrons. The molecule has 1 aliphatic heterocycles. The third kappa shape index (κ3) is 3.96. The van der Waals surface area contributed by atoms with Gasteiger partial charge in [-0.25, -0.2) is 0 Å². The van der Waals surface area contributed by atoms with Crippen molar-refractivity contribution in [2.45, 2.75) is 19.8 Å². The van der Waals surface area contributed by atoms with E-state index in [0.717, 1.165) is 24.7 Å². The molecule has 1 fully saturated rings. The van der Waals surface area contributed by atoms with Crippen molar-refractivity contribution >= 4 is 11.6 Å². The highest BCUT2D eigenvalue weighted by molar-refractivity contribution is 5.92. The quantitative estimate of drug-likeness (QED) is 0.849. The number of carbonyl (C=O) groups excluding carboxylic acids is 1. The number of nitrogens with one attached hydrogen (secondary N) is 2. The van der Waals surface area contributed by atoms with Crippen molar-refractivity contribution in [2.24, 2.45) is 5.92 Å². The number of hydrogen-bond donors (Lipinski definition) is 2. The molecule has 1 saturated heterocycles. The molecule has 4 nitrogen and oxygen atoms in total. The topological polar surface area (TPSA) is 42.8 Å². The molecule has 1 aromatic carbocycles. The lowest BCUT2D eigenvalue weighted by molar-refractivity contribution is -0.900. The number of quaternary nitrogens is 1. The molecule has 1 aromatic rings. The van der Waals surface area contributed by atoms with Gasteiger partial charge >= 0.3 is 0 Å². The van der Waals surface area contributed by atoms with Crippen molar-refractivity contribution in [1.29, 1.82) is 0 Å². The highest BCUT2D eigenvalue weighted by Gasteiger charge is 2.22. The minimum Gasteiger partial charge on any atom is -0.495 e. The van der Waals surface area contributed by atoms with Crippen molar-refractivity contribution in [3.05, 3.63) is 24.3 Å². The number of benzene rings is 1. The Balaban J connectivity index is 1.90. The van der Waals surface area contributed by atoms with Crippen LogP contribution in [0.15, 0.2) is 24.3 Å². The highest BCUT2D eigenvalue weighted by Crippen LogP contribution is 2.22. The molecule has 19 heavy (non-hydrogen) atoms. The molecular formula is C15H23N2O2+. The van der Waals surface area contributed by atoms with Crippen molar-refractivity contribution in [1.82, 2.24) is 0 Å². The smallest absolute Gasteiger partial charge is 0.279 e. The van der Waals surface area contributed by atoms with Crippen LogP contribution in [0, 0.1) is 5.92 Å². The van der Waals surface area contributed by atoms with Crippen LogP contribution in [0.5, 0.6) is 5.75 Å². The Morgan fingerprint density at radius 1 is 1.47 bits per heavy atom. The second kappa shape index (κ2) is 6.57. The van der Waals surface area contributed by atoms with Gasteiger partial charge < -0.3 is 15.0 Å². The first-order valence-corrected chi connectivity index (χ1v) is 6.95. The SMILES string of the molecule is COc1ccccc1NC(=O)C[NH+]1CCC[C@H](C)C1. The predicted octanol–water partition coefficient (Wildman–Crippen LogP) is 0.948. The molecule has 0 bridgehead atoms. The molecule has 4 heteroatoms. The molecular weight excluding hydrogens is 240 g/mol. The van der Waals surface area contributed by atoms with E-state index >= 15 is 0 Å². The van der Waals surface area contributed by atoms with Crippen LogP contribution in [-0.4, -0.2) is 32.7 Å². The minimum absolute atomic E-state index is 0.0635. The predicted molar refractivity (Wildman–Crippen MR) is 75.6 cm³/mol. The van der Waals surface area contributed by atoms with Crippen molar-refractivity contribution in [3.8, 4) is 5.75 Å². The molecule has 0 aromatic heterocycles. The van der Waals surface area contributed by atoms with E-state index in [1.54, 1.807) is 7.11 Å². The molecule has 1 heterocycles. The number of carbonyl (C=O) groups is 1. The fourth-order valence-corrected chi connectivity index (χ4v) is 2.73. The van der Waals surface area contributed by atoms with Gasteiger partial charge in [0.25, 0.3) is 5.91 Å². The van der Waals surface area contributed by atoms with Gasteiger partial charge in [0.05, 0.1) is 25.9 Å². The number of likely N-dealkylation sites (tertiary alicyclic amines) is 1. The maximum atomic E-state index is 12.1. The van der Waals surface area contributed by atoms with Gasteiger partial charge in [-0.05, 0) is 25.0 Å². The molecule has 0 aliphatic carbocycles. The minimum atomic E-state index is 0.0635. The average molecular weight is 263 g/mol. The van der Waals surface area contributed by atoms with Gasteiger partial charge in [-0.15, -0.1) is 0 Å². The molecule has 0 radical (unpaired) electrons. The highest BCUT2D eigenvalue weighted by atomic mass is 16.5. The Bertz CT molecular complexity index is 434. The van der Waals surface area contributed by atoms with Crippen molar-refractivity contribution in [2.75, 3.05) is 32.1 Å². The van der Waals surface area contributed by atoms with Crippen molar-refractivity contribution < 1.29 is 14.4 Å². The number of hydrogen-bond acceptors (Lipinski definition) is 2. The number of ether oxygens (including phenoxy) is 1. The average Bonchev–Trinajstić information content (AvgIpc) is 2.39. The lowest BCUT2D eigenvalue weighted by Crippen LogP contribution is -3.14. The molecule has 1 amide bonds. The largest absolute Gasteiger partial charge is 0.495 e. The van der Waals surface area contributed by atoms with E-state index in [2.05, 4.69) is 12.2 Å². The fourth-order valence-electron chi connectivity index (χ4n) is 2.73. The van der Waals surface area contributed by atoms with Gasteiger partial charge in [-0.1, -0.05) is 19.1 Å². The molecule has 2 atom stereocenters. The standard InChI is InChI=1S/C15H22N2O2/c1-12-6-5-9-17(10-12)11-15(18)16-13-7-3-4-8-14(13)19-2/h3-4,7-8,12H,5-6,9-11H2,1-2H3,(H,16,18)/p+1/t12-/m0/s1. The van der Waals surface area contributed by atoms with Gasteiger partial charge in [0.2, 0.25) is 0 Å². The van der Waals surface area contributed by atoms with Gasteiger partial charge in [0.15, 0.2) is 6.54 Å². The zero-order valence-corrected chi connectivity index (χ0v) is 11.7. The lowest BCUT2D eigenvalue weighted by Gasteiger charge is -2.27. The third-order valence-electron chi connectivity index (χ3n) is 3.66. The number of anilines is 1. The van der Waals surface area contributed by atoms with Crippen LogP contribution in [0.3, 0.4) is 0 Å². The summed E-state index contributed by atoms with van der Waals surface area (Å²) in [6.45, 7) is 5.00. The Hall–Kier alpha value is -1.55. The summed E-state index contributed by atoms with van der Waals surface area (Å²) in [6.07, 6.45) is 2.51. The molecule has 1 aliphatic rings.